The average molecular weight is 267 g/mol. The zero-order chi connectivity index (χ0) is 15.1. The Labute approximate surface area is 118 Å². The minimum absolute atomic E-state index is 0.169. The number of methoxy groups -OCH3 is 1. The maximum atomic E-state index is 10.8. The van der Waals surface area contributed by atoms with E-state index in [1.165, 1.54) is 0 Å². The largest absolute Gasteiger partial charge is 0.497 e. The predicted molar refractivity (Wildman–Crippen MR) is 82.0 cm³/mol. The minimum Gasteiger partial charge on any atom is -0.497 e. The molecule has 110 valence electrons. The van der Waals surface area contributed by atoms with Gasteiger partial charge in [0.2, 0.25) is 0 Å². The summed E-state index contributed by atoms with van der Waals surface area (Å²) in [6.45, 7) is 10.6. The lowest BCUT2D eigenvalue weighted by atomic mass is 9.80. The molecule has 0 aromatic carbocycles. The van der Waals surface area contributed by atoms with Crippen LogP contribution in [0.4, 0.5) is 0 Å². The van der Waals surface area contributed by atoms with Crippen molar-refractivity contribution < 1.29 is 9.84 Å². The summed E-state index contributed by atoms with van der Waals surface area (Å²) in [4.78, 5) is 2.10. The Bertz CT molecular complexity index is 345. The third-order valence-electron chi connectivity index (χ3n) is 3.57. The summed E-state index contributed by atoms with van der Waals surface area (Å²) >= 11 is 0. The predicted octanol–water partition coefficient (Wildman–Crippen LogP) is 2.99. The Morgan fingerprint density at radius 1 is 1.47 bits per heavy atom. The van der Waals surface area contributed by atoms with Crippen LogP contribution >= 0.6 is 0 Å². The Morgan fingerprint density at radius 2 is 2.05 bits per heavy atom. The second-order valence-corrected chi connectivity index (χ2v) is 5.32. The Balaban J connectivity index is 4.95. The second-order valence-electron chi connectivity index (χ2n) is 5.32. The summed E-state index contributed by atoms with van der Waals surface area (Å²) in [7, 11) is 5.63. The van der Waals surface area contributed by atoms with Crippen molar-refractivity contribution in [2.75, 3.05) is 27.7 Å². The molecular weight excluding hydrogens is 238 g/mol. The van der Waals surface area contributed by atoms with Gasteiger partial charge in [-0.15, -0.1) is 0 Å². The van der Waals surface area contributed by atoms with E-state index < -0.39 is 5.60 Å². The molecule has 0 bridgehead atoms. The number of hydrogen-bond acceptors (Lipinski definition) is 3. The monoisotopic (exact) mass is 267 g/mol. The van der Waals surface area contributed by atoms with Crippen LogP contribution in [0.1, 0.15) is 27.2 Å². The standard InChI is InChI=1S/C16H29NO2/c1-8-16(18,14(3)12-17(5)6)13(2)10-9-11-15(4)19-7/h9-11,14,18H,4,8,12H2,1-3,5-7H3/b11-9-,13-10+/t14-,16-/m0/s1. The van der Waals surface area contributed by atoms with E-state index in [1.54, 1.807) is 13.2 Å². The normalized spacial score (nSPS) is 17.6. The van der Waals surface area contributed by atoms with Crippen molar-refractivity contribution >= 4 is 0 Å². The lowest BCUT2D eigenvalue weighted by molar-refractivity contribution is 0.0104. The van der Waals surface area contributed by atoms with Crippen LogP contribution in [-0.4, -0.2) is 43.4 Å². The van der Waals surface area contributed by atoms with Crippen LogP contribution < -0.4 is 0 Å². The van der Waals surface area contributed by atoms with Crippen LogP contribution in [-0.2, 0) is 4.74 Å². The Kier molecular flexibility index (Phi) is 7.72. The molecule has 0 saturated carbocycles. The molecule has 0 aliphatic rings. The van der Waals surface area contributed by atoms with Gasteiger partial charge in [-0.25, -0.2) is 0 Å². The highest BCUT2D eigenvalue weighted by molar-refractivity contribution is 5.24. The van der Waals surface area contributed by atoms with Crippen molar-refractivity contribution in [1.82, 2.24) is 4.90 Å². The van der Waals surface area contributed by atoms with Gasteiger partial charge in [-0.1, -0.05) is 32.6 Å². The summed E-state index contributed by atoms with van der Waals surface area (Å²) in [6, 6.07) is 0. The van der Waals surface area contributed by atoms with Gasteiger partial charge in [0.15, 0.2) is 0 Å². The molecule has 3 nitrogen and oxygen atoms in total. The van der Waals surface area contributed by atoms with Crippen LogP contribution in [0.2, 0.25) is 0 Å². The van der Waals surface area contributed by atoms with Crippen molar-refractivity contribution in [2.45, 2.75) is 32.8 Å². The van der Waals surface area contributed by atoms with Gasteiger partial charge < -0.3 is 14.7 Å². The van der Waals surface area contributed by atoms with Gasteiger partial charge in [0.1, 0.15) is 5.76 Å². The quantitative estimate of drug-likeness (QED) is 0.542. The fourth-order valence-corrected chi connectivity index (χ4v) is 2.23. The summed E-state index contributed by atoms with van der Waals surface area (Å²) < 4.78 is 4.96. The van der Waals surface area contributed by atoms with Gasteiger partial charge in [0.05, 0.1) is 12.7 Å². The molecule has 0 radical (unpaired) electrons. The molecule has 0 fully saturated rings. The van der Waals surface area contributed by atoms with Crippen molar-refractivity contribution in [1.29, 1.82) is 0 Å². The molecule has 0 aliphatic carbocycles. The van der Waals surface area contributed by atoms with Crippen LogP contribution in [0.25, 0.3) is 0 Å². The lowest BCUT2D eigenvalue weighted by Gasteiger charge is -2.36. The van der Waals surface area contributed by atoms with E-state index in [0.717, 1.165) is 12.1 Å². The fraction of sp³-hybridized carbons (Fsp3) is 0.625. The first-order valence-electron chi connectivity index (χ1n) is 6.73. The van der Waals surface area contributed by atoms with E-state index in [9.17, 15) is 5.11 Å². The molecule has 0 heterocycles. The maximum absolute atomic E-state index is 10.8. The topological polar surface area (TPSA) is 32.7 Å². The number of rotatable bonds is 8. The van der Waals surface area contributed by atoms with E-state index in [2.05, 4.69) is 18.4 Å². The zero-order valence-corrected chi connectivity index (χ0v) is 13.2. The highest BCUT2D eigenvalue weighted by atomic mass is 16.5. The molecule has 0 aliphatic heterocycles. The van der Waals surface area contributed by atoms with E-state index >= 15 is 0 Å². The molecule has 0 unspecified atom stereocenters. The van der Waals surface area contributed by atoms with Crippen LogP contribution in [0.5, 0.6) is 0 Å². The number of allylic oxidation sites excluding steroid dienone is 3. The molecule has 3 heteroatoms. The van der Waals surface area contributed by atoms with Crippen molar-refractivity contribution in [3.05, 3.63) is 36.1 Å². The zero-order valence-electron chi connectivity index (χ0n) is 13.2. The molecule has 0 rings (SSSR count). The van der Waals surface area contributed by atoms with Crippen LogP contribution in [0, 0.1) is 5.92 Å². The third-order valence-corrected chi connectivity index (χ3v) is 3.57. The van der Waals surface area contributed by atoms with Gasteiger partial charge in [-0.2, -0.15) is 0 Å². The number of ether oxygens (including phenoxy) is 1. The van der Waals surface area contributed by atoms with Gasteiger partial charge in [-0.05, 0) is 39.1 Å². The Hall–Kier alpha value is -1.06. The lowest BCUT2D eigenvalue weighted by Crippen LogP contribution is -2.42. The van der Waals surface area contributed by atoms with Gasteiger partial charge in [-0.3, -0.25) is 0 Å². The molecular formula is C16H29NO2. The molecule has 19 heavy (non-hydrogen) atoms. The fourth-order valence-electron chi connectivity index (χ4n) is 2.23. The van der Waals surface area contributed by atoms with Gasteiger partial charge in [0.25, 0.3) is 0 Å². The number of aliphatic hydroxyl groups is 1. The van der Waals surface area contributed by atoms with E-state index in [4.69, 9.17) is 4.74 Å². The van der Waals surface area contributed by atoms with Crippen molar-refractivity contribution in [3.63, 3.8) is 0 Å². The molecule has 0 spiro atoms. The first-order valence-corrected chi connectivity index (χ1v) is 6.73. The SMILES string of the molecule is C=C(/C=C\C=C(/C)[C@@](O)(CC)[C@@H](C)CN(C)C)OC. The molecule has 0 saturated heterocycles. The summed E-state index contributed by atoms with van der Waals surface area (Å²) in [5.74, 6) is 0.771. The Morgan fingerprint density at radius 3 is 2.47 bits per heavy atom. The molecule has 0 aromatic rings. The first-order chi connectivity index (χ1) is 8.77. The smallest absolute Gasteiger partial charge is 0.111 e. The highest BCUT2D eigenvalue weighted by Gasteiger charge is 2.33. The van der Waals surface area contributed by atoms with E-state index in [0.29, 0.717) is 12.2 Å². The van der Waals surface area contributed by atoms with Crippen LogP contribution in [0.15, 0.2) is 36.1 Å². The molecule has 2 atom stereocenters. The summed E-state index contributed by atoms with van der Waals surface area (Å²) in [5.41, 5.74) is 0.188. The number of hydrogen-bond donors (Lipinski definition) is 1. The highest BCUT2D eigenvalue weighted by Crippen LogP contribution is 2.30. The first kappa shape index (κ1) is 17.9. The minimum atomic E-state index is -0.775. The van der Waals surface area contributed by atoms with Crippen LogP contribution in [0.3, 0.4) is 0 Å². The maximum Gasteiger partial charge on any atom is 0.111 e. The van der Waals surface area contributed by atoms with Gasteiger partial charge in [0, 0.05) is 12.5 Å². The molecule has 0 aromatic heterocycles. The average Bonchev–Trinajstić information content (AvgIpc) is 2.36. The van der Waals surface area contributed by atoms with Crippen molar-refractivity contribution in [3.8, 4) is 0 Å². The molecule has 1 N–H and O–H groups in total. The summed E-state index contributed by atoms with van der Waals surface area (Å²) in [5, 5.41) is 10.8. The third kappa shape index (κ3) is 5.62. The van der Waals surface area contributed by atoms with Crippen molar-refractivity contribution in [2.24, 2.45) is 5.92 Å². The number of nitrogens with zero attached hydrogens (tertiary/aromatic N) is 1. The van der Waals surface area contributed by atoms with Gasteiger partial charge >= 0.3 is 0 Å². The summed E-state index contributed by atoms with van der Waals surface area (Å²) in [6.07, 6.45) is 6.28. The van der Waals surface area contributed by atoms with E-state index in [1.807, 2.05) is 40.1 Å². The van der Waals surface area contributed by atoms with E-state index in [-0.39, 0.29) is 5.92 Å². The molecule has 0 amide bonds. The second kappa shape index (κ2) is 8.18.